The van der Waals surface area contributed by atoms with E-state index in [0.717, 1.165) is 33.2 Å². The molecule has 0 amide bonds. The lowest BCUT2D eigenvalue weighted by Crippen LogP contribution is -2.20. The molecule has 7 heteroatoms. The van der Waals surface area contributed by atoms with Crippen molar-refractivity contribution in [3.05, 3.63) is 113 Å². The zero-order chi connectivity index (χ0) is 24.9. The molecule has 3 N–H and O–H groups in total. The second-order valence-corrected chi connectivity index (χ2v) is 10.0. The Hall–Kier alpha value is -3.68. The molecule has 5 aromatic rings. The highest BCUT2D eigenvalue weighted by Crippen LogP contribution is 2.26. The normalized spacial score (nSPS) is 12.2. The monoisotopic (exact) mass is 495 g/mol. The number of thioether (sulfide) groups is 1. The number of rotatable bonds is 10. The van der Waals surface area contributed by atoms with Crippen molar-refractivity contribution in [3.63, 3.8) is 0 Å². The van der Waals surface area contributed by atoms with E-state index in [0.29, 0.717) is 25.1 Å². The number of nitrogens with one attached hydrogen (secondary N) is 1. The van der Waals surface area contributed by atoms with Gasteiger partial charge in [0.25, 0.3) is 0 Å². The number of para-hydroxylation sites is 1. The maximum Gasteiger partial charge on any atom is 0.191 e. The van der Waals surface area contributed by atoms with Crippen LogP contribution in [0.1, 0.15) is 45.3 Å². The van der Waals surface area contributed by atoms with E-state index >= 15 is 0 Å². The summed E-state index contributed by atoms with van der Waals surface area (Å²) in [5.41, 5.74) is 12.1. The fourth-order valence-corrected chi connectivity index (χ4v) is 5.22. The number of carbonyl (C=O) groups excluding carboxylic acids is 1. The van der Waals surface area contributed by atoms with Gasteiger partial charge in [-0.05, 0) is 30.5 Å². The van der Waals surface area contributed by atoms with Gasteiger partial charge in [0.2, 0.25) is 0 Å². The first-order valence-corrected chi connectivity index (χ1v) is 13.1. The van der Waals surface area contributed by atoms with E-state index in [4.69, 9.17) is 5.73 Å². The second kappa shape index (κ2) is 10.9. The number of nitrogens with two attached hydrogens (primary N) is 1. The van der Waals surface area contributed by atoms with Crippen molar-refractivity contribution < 1.29 is 4.79 Å². The highest BCUT2D eigenvalue weighted by atomic mass is 32.2. The third-order valence-electron chi connectivity index (χ3n) is 6.31. The smallest absolute Gasteiger partial charge is 0.191 e. The fourth-order valence-electron chi connectivity index (χ4n) is 4.34. The molecular weight excluding hydrogens is 466 g/mol. The maximum absolute atomic E-state index is 12.6. The van der Waals surface area contributed by atoms with Crippen molar-refractivity contribution in [1.29, 1.82) is 0 Å². The Morgan fingerprint density at radius 3 is 2.56 bits per heavy atom. The van der Waals surface area contributed by atoms with E-state index in [1.165, 1.54) is 10.9 Å². The molecule has 2 heterocycles. The largest absolute Gasteiger partial charge is 0.361 e. The van der Waals surface area contributed by atoms with Gasteiger partial charge in [-0.1, -0.05) is 90.1 Å². The minimum atomic E-state index is -0.317. The first-order valence-electron chi connectivity index (χ1n) is 12.1. The number of nitrogens with zero attached hydrogens (tertiary/aromatic N) is 3. The van der Waals surface area contributed by atoms with Crippen LogP contribution in [0.3, 0.4) is 0 Å². The van der Waals surface area contributed by atoms with Gasteiger partial charge in [-0.25, -0.2) is 0 Å². The molecule has 0 spiro atoms. The molecule has 36 heavy (non-hydrogen) atoms. The molecule has 182 valence electrons. The van der Waals surface area contributed by atoms with Crippen LogP contribution in [0.4, 0.5) is 0 Å². The minimum absolute atomic E-state index is 0.129. The topological polar surface area (TPSA) is 89.6 Å². The van der Waals surface area contributed by atoms with Crippen molar-refractivity contribution >= 4 is 28.4 Å². The van der Waals surface area contributed by atoms with Gasteiger partial charge in [0.15, 0.2) is 16.8 Å². The molecule has 6 nitrogen and oxygen atoms in total. The minimum Gasteiger partial charge on any atom is -0.361 e. The highest BCUT2D eigenvalue weighted by molar-refractivity contribution is 7.99. The molecule has 2 aromatic heterocycles. The molecule has 0 aliphatic rings. The van der Waals surface area contributed by atoms with Gasteiger partial charge in [-0.15, -0.1) is 10.2 Å². The number of fused-ring (bicyclic) bond motifs is 1. The van der Waals surface area contributed by atoms with Crippen LogP contribution in [0.15, 0.2) is 90.2 Å². The molecule has 0 aliphatic carbocycles. The lowest BCUT2D eigenvalue weighted by molar-refractivity contribution is 0.0989. The van der Waals surface area contributed by atoms with Crippen molar-refractivity contribution in [2.75, 3.05) is 5.75 Å². The number of hydrogen-bond acceptors (Lipinski definition) is 5. The van der Waals surface area contributed by atoms with Crippen molar-refractivity contribution in [3.8, 4) is 0 Å². The van der Waals surface area contributed by atoms with Gasteiger partial charge in [-0.2, -0.15) is 0 Å². The second-order valence-electron chi connectivity index (χ2n) is 8.97. The van der Waals surface area contributed by atoms with Crippen LogP contribution < -0.4 is 5.73 Å². The summed E-state index contributed by atoms with van der Waals surface area (Å²) in [5.74, 6) is 1.50. The van der Waals surface area contributed by atoms with Crippen molar-refractivity contribution in [2.45, 2.75) is 37.5 Å². The number of H-pyrrole nitrogens is 1. The van der Waals surface area contributed by atoms with Gasteiger partial charge in [-0.3, -0.25) is 4.79 Å². The molecule has 0 saturated heterocycles. The van der Waals surface area contributed by atoms with Gasteiger partial charge < -0.3 is 15.3 Å². The number of Topliss-reactive ketones (excluding diaryl/α,β-unsaturated/α-hetero) is 1. The molecule has 5 rings (SSSR count). The summed E-state index contributed by atoms with van der Waals surface area (Å²) >= 11 is 1.55. The first kappa shape index (κ1) is 24.0. The third-order valence-corrected chi connectivity index (χ3v) is 7.28. The van der Waals surface area contributed by atoms with Crippen LogP contribution in [0, 0.1) is 6.92 Å². The van der Waals surface area contributed by atoms with E-state index in [2.05, 4.69) is 63.1 Å². The summed E-state index contributed by atoms with van der Waals surface area (Å²) in [5, 5.41) is 11.0. The van der Waals surface area contributed by atoms with Crippen molar-refractivity contribution in [1.82, 2.24) is 19.7 Å². The van der Waals surface area contributed by atoms with Gasteiger partial charge >= 0.3 is 0 Å². The zero-order valence-electron chi connectivity index (χ0n) is 20.2. The molecule has 1 atom stereocenters. The molecule has 0 saturated carbocycles. The number of aromatic amines is 1. The number of carbonyl (C=O) groups is 1. The van der Waals surface area contributed by atoms with Crippen LogP contribution in [0.5, 0.6) is 0 Å². The molecule has 0 aliphatic heterocycles. The molecule has 3 aromatic carbocycles. The summed E-state index contributed by atoms with van der Waals surface area (Å²) in [6, 6.07) is 25.8. The lowest BCUT2D eigenvalue weighted by atomic mass is 10.0. The molecule has 0 radical (unpaired) electrons. The van der Waals surface area contributed by atoms with Crippen LogP contribution >= 0.6 is 11.8 Å². The van der Waals surface area contributed by atoms with Gasteiger partial charge in [0.1, 0.15) is 0 Å². The van der Waals surface area contributed by atoms with Crippen LogP contribution in [-0.2, 0) is 13.0 Å². The predicted molar refractivity (Wildman–Crippen MR) is 145 cm³/mol. The highest BCUT2D eigenvalue weighted by Gasteiger charge is 2.21. The van der Waals surface area contributed by atoms with Gasteiger partial charge in [0.05, 0.1) is 12.6 Å². The summed E-state index contributed by atoms with van der Waals surface area (Å²) in [6.45, 7) is 2.70. The van der Waals surface area contributed by atoms with E-state index in [1.807, 2.05) is 48.7 Å². The van der Waals surface area contributed by atoms with Crippen molar-refractivity contribution in [2.24, 2.45) is 5.73 Å². The Morgan fingerprint density at radius 2 is 1.75 bits per heavy atom. The van der Waals surface area contributed by atoms with Crippen LogP contribution in [-0.4, -0.2) is 31.3 Å². The Bertz CT molecular complexity index is 1460. The number of hydrogen-bond donors (Lipinski definition) is 2. The van der Waals surface area contributed by atoms with Crippen LogP contribution in [0.2, 0.25) is 0 Å². The lowest BCUT2D eigenvalue weighted by Gasteiger charge is -2.15. The van der Waals surface area contributed by atoms with Gasteiger partial charge in [0, 0.05) is 34.8 Å². The molecular formula is C29H29N5OS. The summed E-state index contributed by atoms with van der Waals surface area (Å²) in [4.78, 5) is 15.9. The molecule has 0 fully saturated rings. The first-order chi connectivity index (χ1) is 17.6. The summed E-state index contributed by atoms with van der Waals surface area (Å²) < 4.78 is 2.10. The fraction of sp³-hybridized carbons (Fsp3) is 0.207. The Balaban J connectivity index is 1.36. The Kier molecular flexibility index (Phi) is 7.30. The molecule has 0 unspecified atom stereocenters. The Labute approximate surface area is 214 Å². The third kappa shape index (κ3) is 5.42. The molecule has 0 bridgehead atoms. The number of benzene rings is 3. The average Bonchev–Trinajstić information content (AvgIpc) is 3.50. The standard InChI is InChI=1S/C29H29N5OS/c1-20-11-13-21(14-12-20)19-34-28(25(30)17-23-18-31-26-10-6-5-9-24(23)26)32-33-29(34)36-16-15-27(35)22-7-3-2-4-8-22/h2-14,18,25,31H,15-17,19,30H2,1H3/t25-/m0/s1. The zero-order valence-corrected chi connectivity index (χ0v) is 21.0. The quantitative estimate of drug-likeness (QED) is 0.191. The summed E-state index contributed by atoms with van der Waals surface area (Å²) in [6.07, 6.45) is 3.10. The number of aryl methyl sites for hydroxylation is 1. The maximum atomic E-state index is 12.6. The number of ketones is 1. The Morgan fingerprint density at radius 1 is 1.00 bits per heavy atom. The van der Waals surface area contributed by atoms with E-state index in [9.17, 15) is 4.79 Å². The predicted octanol–water partition coefficient (Wildman–Crippen LogP) is 5.72. The number of aromatic nitrogens is 4. The van der Waals surface area contributed by atoms with E-state index in [-0.39, 0.29) is 11.8 Å². The summed E-state index contributed by atoms with van der Waals surface area (Å²) in [7, 11) is 0. The van der Waals surface area contributed by atoms with E-state index in [1.54, 1.807) is 11.8 Å². The van der Waals surface area contributed by atoms with E-state index < -0.39 is 0 Å². The SMILES string of the molecule is Cc1ccc(Cn2c(SCCC(=O)c3ccccc3)nnc2[C@@H](N)Cc2c[nH]c3ccccc23)cc1. The van der Waals surface area contributed by atoms with Crippen LogP contribution in [0.25, 0.3) is 10.9 Å². The average molecular weight is 496 g/mol.